The zero-order chi connectivity index (χ0) is 14.4. The third kappa shape index (κ3) is 3.84. The smallest absolute Gasteiger partial charge is 0.290 e. The summed E-state index contributed by atoms with van der Waals surface area (Å²) in [5.74, 6) is 1.93. The van der Waals surface area contributed by atoms with Crippen LogP contribution in [-0.2, 0) is 4.79 Å². The van der Waals surface area contributed by atoms with E-state index in [4.69, 9.17) is 9.90 Å². The first kappa shape index (κ1) is 15.1. The summed E-state index contributed by atoms with van der Waals surface area (Å²) in [5, 5.41) is 6.89. The number of fused-ring (bicyclic) bond motifs is 1. The second-order valence-corrected chi connectivity index (χ2v) is 6.12. The fourth-order valence-electron chi connectivity index (χ4n) is 3.58. The summed E-state index contributed by atoms with van der Waals surface area (Å²) < 4.78 is 0. The number of rotatable bonds is 5. The van der Waals surface area contributed by atoms with Crippen LogP contribution in [0.25, 0.3) is 11.1 Å². The molecule has 110 valence electrons. The molecule has 0 aromatic carbocycles. The van der Waals surface area contributed by atoms with Crippen molar-refractivity contribution in [2.75, 3.05) is 0 Å². The van der Waals surface area contributed by atoms with Crippen molar-refractivity contribution < 1.29 is 9.90 Å². The van der Waals surface area contributed by atoms with Crippen LogP contribution in [0, 0.1) is 5.92 Å². The van der Waals surface area contributed by atoms with Crippen molar-refractivity contribution >= 4 is 6.47 Å². The predicted molar refractivity (Wildman–Crippen MR) is 83.0 cm³/mol. The maximum Gasteiger partial charge on any atom is 0.290 e. The predicted octanol–water partition coefficient (Wildman–Crippen LogP) is 5.22. The topological polar surface area (TPSA) is 37.3 Å². The second-order valence-electron chi connectivity index (χ2n) is 6.12. The summed E-state index contributed by atoms with van der Waals surface area (Å²) in [6.45, 7) is 2.05. The molecule has 0 amide bonds. The van der Waals surface area contributed by atoms with Gasteiger partial charge in [-0.1, -0.05) is 44.7 Å². The minimum absolute atomic E-state index is 0.250. The molecule has 0 aromatic rings. The van der Waals surface area contributed by atoms with Crippen LogP contribution in [0.1, 0.15) is 69.8 Å². The Kier molecular flexibility index (Phi) is 5.63. The summed E-state index contributed by atoms with van der Waals surface area (Å²) in [6, 6.07) is 7.04. The lowest BCUT2D eigenvalue weighted by Gasteiger charge is -2.28. The van der Waals surface area contributed by atoms with Crippen LogP contribution in [0.5, 0.6) is 0 Å². The van der Waals surface area contributed by atoms with Crippen LogP contribution in [0.15, 0.2) is 18.2 Å². The Morgan fingerprint density at radius 3 is 2.40 bits per heavy atom. The SMILES string of the molecule is CCCCCC1CCC(c2ccc3cc2-3)CC1.O=CO. The first-order valence-electron chi connectivity index (χ1n) is 8.02. The molecule has 1 fully saturated rings. The van der Waals surface area contributed by atoms with Crippen molar-refractivity contribution in [3.8, 4) is 11.1 Å². The average molecular weight is 274 g/mol. The van der Waals surface area contributed by atoms with E-state index in [-0.39, 0.29) is 6.47 Å². The standard InChI is InChI=1S/C17H24.CH2O2/c1-2-3-4-5-13-6-8-14(9-7-13)16-11-10-15-12-17(15)16;2-1-3/h10-14H,2-9H2,1H3;1H,(H,2,3). The van der Waals surface area contributed by atoms with E-state index in [1.54, 1.807) is 11.1 Å². The van der Waals surface area contributed by atoms with Crippen LogP contribution >= 0.6 is 0 Å². The van der Waals surface area contributed by atoms with Gasteiger partial charge in [0.05, 0.1) is 0 Å². The molecule has 0 heterocycles. The van der Waals surface area contributed by atoms with Gasteiger partial charge >= 0.3 is 0 Å². The largest absolute Gasteiger partial charge is 0.483 e. The van der Waals surface area contributed by atoms with Gasteiger partial charge in [0.2, 0.25) is 0 Å². The number of hydrogen-bond donors (Lipinski definition) is 1. The minimum atomic E-state index is -0.250. The third-order valence-electron chi connectivity index (χ3n) is 4.78. The average Bonchev–Trinajstić information content (AvgIpc) is 3.12. The first-order valence-corrected chi connectivity index (χ1v) is 8.02. The Balaban J connectivity index is 0.000000452. The van der Waals surface area contributed by atoms with Crippen LogP contribution in [0.2, 0.25) is 0 Å². The number of carboxylic acid groups (broad SMARTS) is 1. The fraction of sp³-hybridized carbons (Fsp3) is 0.611. The van der Waals surface area contributed by atoms with Gasteiger partial charge in [-0.2, -0.15) is 0 Å². The Bertz CT molecular complexity index is 431. The third-order valence-corrected chi connectivity index (χ3v) is 4.78. The van der Waals surface area contributed by atoms with Gasteiger partial charge in [-0.25, -0.2) is 0 Å². The molecule has 0 aliphatic heterocycles. The Labute approximate surface area is 122 Å². The van der Waals surface area contributed by atoms with E-state index < -0.39 is 0 Å². The van der Waals surface area contributed by atoms with Gasteiger partial charge in [-0.3, -0.25) is 4.79 Å². The molecule has 0 radical (unpaired) electrons. The number of hydrogen-bond acceptors (Lipinski definition) is 1. The lowest BCUT2D eigenvalue weighted by Crippen LogP contribution is -2.13. The number of unbranched alkanes of at least 4 members (excludes halogenated alkanes) is 2. The molecule has 3 aliphatic rings. The van der Waals surface area contributed by atoms with E-state index in [0.29, 0.717) is 0 Å². The maximum atomic E-state index is 8.36. The highest BCUT2D eigenvalue weighted by molar-refractivity contribution is 5.85. The molecule has 2 nitrogen and oxygen atoms in total. The van der Waals surface area contributed by atoms with Gasteiger partial charge in [0, 0.05) is 0 Å². The van der Waals surface area contributed by atoms with Crippen LogP contribution in [-0.4, -0.2) is 11.6 Å². The number of benzene rings is 1. The van der Waals surface area contributed by atoms with Crippen molar-refractivity contribution in [3.63, 3.8) is 0 Å². The van der Waals surface area contributed by atoms with Gasteiger partial charge < -0.3 is 5.11 Å². The molecule has 20 heavy (non-hydrogen) atoms. The normalized spacial score (nSPS) is 22.6. The van der Waals surface area contributed by atoms with Gasteiger partial charge in [-0.15, -0.1) is 0 Å². The van der Waals surface area contributed by atoms with E-state index in [1.165, 1.54) is 56.9 Å². The number of carbonyl (C=O) groups is 1. The molecule has 1 saturated carbocycles. The van der Waals surface area contributed by atoms with Crippen LogP contribution < -0.4 is 0 Å². The summed E-state index contributed by atoms with van der Waals surface area (Å²) >= 11 is 0. The monoisotopic (exact) mass is 274 g/mol. The van der Waals surface area contributed by atoms with E-state index in [0.717, 1.165) is 11.8 Å². The molecule has 0 aromatic heterocycles. The van der Waals surface area contributed by atoms with Gasteiger partial charge in [0.25, 0.3) is 6.47 Å². The zero-order valence-corrected chi connectivity index (χ0v) is 12.5. The van der Waals surface area contributed by atoms with Crippen LogP contribution in [0.3, 0.4) is 0 Å². The molecule has 3 rings (SSSR count). The van der Waals surface area contributed by atoms with Gasteiger partial charge in [0.1, 0.15) is 0 Å². The molecule has 0 saturated heterocycles. The van der Waals surface area contributed by atoms with Crippen molar-refractivity contribution in [2.45, 2.75) is 64.2 Å². The highest BCUT2D eigenvalue weighted by Crippen LogP contribution is 2.47. The lowest BCUT2D eigenvalue weighted by molar-refractivity contribution is -0.122. The quantitative estimate of drug-likeness (QED) is 0.599. The Morgan fingerprint density at radius 2 is 1.90 bits per heavy atom. The van der Waals surface area contributed by atoms with Gasteiger partial charge in [0.15, 0.2) is 0 Å². The molecule has 3 aliphatic carbocycles. The van der Waals surface area contributed by atoms with Crippen molar-refractivity contribution in [2.24, 2.45) is 5.92 Å². The molecule has 1 N–H and O–H groups in total. The highest BCUT2D eigenvalue weighted by atomic mass is 16.3. The molecule has 2 heteroatoms. The summed E-state index contributed by atoms with van der Waals surface area (Å²) in [7, 11) is 0. The van der Waals surface area contributed by atoms with E-state index in [1.807, 2.05) is 0 Å². The molecular formula is C18H26O2. The molecule has 0 atom stereocenters. The van der Waals surface area contributed by atoms with Crippen LogP contribution in [0.4, 0.5) is 0 Å². The summed E-state index contributed by atoms with van der Waals surface area (Å²) in [4.78, 5) is 8.36. The van der Waals surface area contributed by atoms with Crippen molar-refractivity contribution in [1.82, 2.24) is 0 Å². The maximum absolute atomic E-state index is 8.36. The summed E-state index contributed by atoms with van der Waals surface area (Å²) in [5.41, 5.74) is 4.79. The highest BCUT2D eigenvalue weighted by Gasteiger charge is 2.27. The van der Waals surface area contributed by atoms with Gasteiger partial charge in [-0.05, 0) is 60.3 Å². The second kappa shape index (κ2) is 7.47. The van der Waals surface area contributed by atoms with Crippen molar-refractivity contribution in [1.29, 1.82) is 0 Å². The van der Waals surface area contributed by atoms with Crippen molar-refractivity contribution in [3.05, 3.63) is 23.8 Å². The van der Waals surface area contributed by atoms with E-state index in [9.17, 15) is 0 Å². The Hall–Kier alpha value is -1.31. The van der Waals surface area contributed by atoms with E-state index in [2.05, 4.69) is 25.1 Å². The summed E-state index contributed by atoms with van der Waals surface area (Å²) in [6.07, 6.45) is 11.6. The Morgan fingerprint density at radius 1 is 1.20 bits per heavy atom. The molecule has 0 spiro atoms. The molecule has 0 bridgehead atoms. The first-order chi connectivity index (χ1) is 9.80. The fourth-order valence-corrected chi connectivity index (χ4v) is 3.58. The van der Waals surface area contributed by atoms with E-state index >= 15 is 0 Å². The zero-order valence-electron chi connectivity index (χ0n) is 12.5. The lowest BCUT2D eigenvalue weighted by atomic mass is 9.77. The molecule has 0 unspecified atom stereocenters. The molecular weight excluding hydrogens is 248 g/mol. The minimum Gasteiger partial charge on any atom is -0.483 e.